The van der Waals surface area contributed by atoms with E-state index in [4.69, 9.17) is 5.26 Å². The van der Waals surface area contributed by atoms with Crippen LogP contribution >= 0.6 is 0 Å². The molecule has 0 spiro atoms. The van der Waals surface area contributed by atoms with E-state index < -0.39 is 22.4 Å². The van der Waals surface area contributed by atoms with E-state index in [1.54, 1.807) is 44.2 Å². The summed E-state index contributed by atoms with van der Waals surface area (Å²) in [5.41, 5.74) is 0.613. The Morgan fingerprint density at radius 1 is 1.22 bits per heavy atom. The molecule has 1 N–H and O–H groups in total. The summed E-state index contributed by atoms with van der Waals surface area (Å²) in [7, 11) is 0. The fourth-order valence-corrected chi connectivity index (χ4v) is 3.12. The first kappa shape index (κ1) is 18.1. The van der Waals surface area contributed by atoms with Crippen LogP contribution in [0.4, 0.5) is 10.5 Å². The number of nitriles is 1. The Morgan fingerprint density at radius 3 is 2.48 bits per heavy atom. The highest BCUT2D eigenvalue weighted by Crippen LogP contribution is 2.31. The highest BCUT2D eigenvalue weighted by Gasteiger charge is 2.49. The third kappa shape index (κ3) is 3.00. The Kier molecular flexibility index (Phi) is 4.37. The van der Waals surface area contributed by atoms with Gasteiger partial charge in [0.05, 0.1) is 23.1 Å². The Hall–Kier alpha value is -3.73. The molecule has 27 heavy (non-hydrogen) atoms. The quantitative estimate of drug-likeness (QED) is 0.509. The normalized spacial score (nSPS) is 18.9. The Balaban J connectivity index is 1.92. The molecule has 8 nitrogen and oxygen atoms in total. The maximum atomic E-state index is 13.0. The number of nitrogens with zero attached hydrogens (tertiary/aromatic N) is 3. The summed E-state index contributed by atoms with van der Waals surface area (Å²) in [4.78, 5) is 37.1. The summed E-state index contributed by atoms with van der Waals surface area (Å²) in [6, 6.07) is 12.4. The van der Waals surface area contributed by atoms with E-state index in [1.165, 1.54) is 12.1 Å². The highest BCUT2D eigenvalue weighted by molar-refractivity contribution is 6.07. The minimum Gasteiger partial charge on any atom is -0.319 e. The average molecular weight is 364 g/mol. The molecule has 1 fully saturated rings. The molecule has 1 aliphatic rings. The summed E-state index contributed by atoms with van der Waals surface area (Å²) in [6.07, 6.45) is 0. The molecule has 0 aliphatic carbocycles. The zero-order valence-corrected chi connectivity index (χ0v) is 14.7. The number of amides is 3. The summed E-state index contributed by atoms with van der Waals surface area (Å²) in [6.45, 7) is 3.12. The summed E-state index contributed by atoms with van der Waals surface area (Å²) >= 11 is 0. The van der Waals surface area contributed by atoms with Gasteiger partial charge in [-0.1, -0.05) is 24.3 Å². The number of imide groups is 1. The zero-order valence-electron chi connectivity index (χ0n) is 14.7. The van der Waals surface area contributed by atoms with Crippen molar-refractivity contribution in [3.63, 3.8) is 0 Å². The van der Waals surface area contributed by atoms with E-state index in [0.29, 0.717) is 22.3 Å². The molecular formula is C19H16N4O4. The lowest BCUT2D eigenvalue weighted by Crippen LogP contribution is -2.40. The lowest BCUT2D eigenvalue weighted by molar-refractivity contribution is -0.385. The van der Waals surface area contributed by atoms with Crippen LogP contribution in [0.25, 0.3) is 0 Å². The van der Waals surface area contributed by atoms with Crippen molar-refractivity contribution in [1.29, 1.82) is 5.26 Å². The fraction of sp³-hybridized carbons (Fsp3) is 0.211. The van der Waals surface area contributed by atoms with E-state index in [0.717, 1.165) is 4.90 Å². The van der Waals surface area contributed by atoms with Crippen molar-refractivity contribution in [3.05, 3.63) is 74.8 Å². The van der Waals surface area contributed by atoms with Crippen molar-refractivity contribution in [2.24, 2.45) is 0 Å². The van der Waals surface area contributed by atoms with Crippen molar-refractivity contribution in [2.45, 2.75) is 25.9 Å². The number of carbonyl (C=O) groups is 2. The van der Waals surface area contributed by atoms with Gasteiger partial charge in [-0.3, -0.25) is 19.8 Å². The summed E-state index contributed by atoms with van der Waals surface area (Å²) in [5, 5.41) is 22.7. The molecular weight excluding hydrogens is 348 g/mol. The fourth-order valence-electron chi connectivity index (χ4n) is 3.12. The number of benzene rings is 2. The third-order valence-corrected chi connectivity index (χ3v) is 4.81. The number of carbonyl (C=O) groups excluding carboxylic acids is 2. The molecule has 3 rings (SSSR count). The van der Waals surface area contributed by atoms with Crippen LogP contribution in [0.1, 0.15) is 29.2 Å². The summed E-state index contributed by atoms with van der Waals surface area (Å²) in [5.74, 6) is -0.455. The Labute approximate surface area is 155 Å². The predicted octanol–water partition coefficient (Wildman–Crippen LogP) is 2.74. The van der Waals surface area contributed by atoms with Crippen molar-refractivity contribution in [2.75, 3.05) is 0 Å². The van der Waals surface area contributed by atoms with E-state index in [9.17, 15) is 19.7 Å². The second-order valence-corrected chi connectivity index (χ2v) is 6.45. The lowest BCUT2D eigenvalue weighted by atomic mass is 9.91. The third-order valence-electron chi connectivity index (χ3n) is 4.81. The first-order valence-electron chi connectivity index (χ1n) is 8.15. The van der Waals surface area contributed by atoms with Crippen LogP contribution in [0.5, 0.6) is 0 Å². The number of nitro benzene ring substituents is 1. The van der Waals surface area contributed by atoms with Gasteiger partial charge in [0.25, 0.3) is 11.6 Å². The van der Waals surface area contributed by atoms with Crippen LogP contribution in [-0.4, -0.2) is 21.8 Å². The maximum absolute atomic E-state index is 13.0. The van der Waals surface area contributed by atoms with Gasteiger partial charge in [-0.15, -0.1) is 0 Å². The maximum Gasteiger partial charge on any atom is 0.325 e. The minimum atomic E-state index is -1.26. The molecule has 2 aromatic rings. The molecule has 0 radical (unpaired) electrons. The monoisotopic (exact) mass is 364 g/mol. The zero-order chi connectivity index (χ0) is 19.8. The average Bonchev–Trinajstić information content (AvgIpc) is 2.87. The first-order chi connectivity index (χ1) is 12.8. The molecule has 1 atom stereocenters. The SMILES string of the molecule is Cc1c(CN2C(=O)N[C@@](C)(c3ccc(C#N)cc3)C2=O)cccc1[N+](=O)[O-]. The van der Waals surface area contributed by atoms with Gasteiger partial charge in [0, 0.05) is 11.6 Å². The molecule has 1 aliphatic heterocycles. The smallest absolute Gasteiger partial charge is 0.319 e. The van der Waals surface area contributed by atoms with Gasteiger partial charge in [-0.25, -0.2) is 4.79 Å². The predicted molar refractivity (Wildman–Crippen MR) is 95.4 cm³/mol. The van der Waals surface area contributed by atoms with Crippen molar-refractivity contribution in [3.8, 4) is 6.07 Å². The van der Waals surface area contributed by atoms with Crippen molar-refractivity contribution < 1.29 is 14.5 Å². The van der Waals surface area contributed by atoms with Crippen LogP contribution in [0, 0.1) is 28.4 Å². The van der Waals surface area contributed by atoms with Gasteiger partial charge >= 0.3 is 6.03 Å². The van der Waals surface area contributed by atoms with Gasteiger partial charge in [0.15, 0.2) is 0 Å². The van der Waals surface area contributed by atoms with Gasteiger partial charge in [-0.2, -0.15) is 5.26 Å². The molecule has 0 bridgehead atoms. The molecule has 1 saturated heterocycles. The van der Waals surface area contributed by atoms with Crippen LogP contribution < -0.4 is 5.32 Å². The molecule has 0 aromatic heterocycles. The number of nitrogens with one attached hydrogen (secondary N) is 1. The number of hydrogen-bond donors (Lipinski definition) is 1. The van der Waals surface area contributed by atoms with Crippen LogP contribution in [0.3, 0.4) is 0 Å². The Bertz CT molecular complexity index is 994. The second kappa shape index (κ2) is 6.53. The van der Waals surface area contributed by atoms with Crippen molar-refractivity contribution >= 4 is 17.6 Å². The van der Waals surface area contributed by atoms with Crippen molar-refractivity contribution in [1.82, 2.24) is 10.2 Å². The van der Waals surface area contributed by atoms with Crippen LogP contribution in [-0.2, 0) is 16.9 Å². The standard InChI is InChI=1S/C19H16N4O4/c1-12-14(4-3-5-16(12)23(26)27)11-22-17(24)19(2,21-18(22)25)15-8-6-13(10-20)7-9-15/h3-9H,11H2,1-2H3,(H,21,25)/t19-/m0/s1. The summed E-state index contributed by atoms with van der Waals surface area (Å²) < 4.78 is 0. The molecule has 0 unspecified atom stereocenters. The number of nitro groups is 1. The molecule has 2 aromatic carbocycles. The minimum absolute atomic E-state index is 0.0607. The van der Waals surface area contributed by atoms with Gasteiger partial charge in [-0.05, 0) is 37.1 Å². The largest absolute Gasteiger partial charge is 0.325 e. The van der Waals surface area contributed by atoms with E-state index >= 15 is 0 Å². The molecule has 8 heteroatoms. The molecule has 3 amide bonds. The second-order valence-electron chi connectivity index (χ2n) is 6.45. The van der Waals surface area contributed by atoms with Gasteiger partial charge in [0.2, 0.25) is 0 Å². The Morgan fingerprint density at radius 2 is 1.89 bits per heavy atom. The van der Waals surface area contributed by atoms with E-state index in [1.807, 2.05) is 6.07 Å². The topological polar surface area (TPSA) is 116 Å². The van der Waals surface area contributed by atoms with Crippen LogP contribution in [0.2, 0.25) is 0 Å². The van der Waals surface area contributed by atoms with Gasteiger partial charge in [0.1, 0.15) is 5.54 Å². The molecule has 0 saturated carbocycles. The highest BCUT2D eigenvalue weighted by atomic mass is 16.6. The first-order valence-corrected chi connectivity index (χ1v) is 8.15. The number of urea groups is 1. The van der Waals surface area contributed by atoms with E-state index in [2.05, 4.69) is 5.32 Å². The van der Waals surface area contributed by atoms with Crippen LogP contribution in [0.15, 0.2) is 42.5 Å². The number of hydrogen-bond acceptors (Lipinski definition) is 5. The van der Waals surface area contributed by atoms with E-state index in [-0.39, 0.29) is 12.2 Å². The van der Waals surface area contributed by atoms with Gasteiger partial charge < -0.3 is 5.32 Å². The molecule has 1 heterocycles. The number of rotatable bonds is 4. The molecule has 136 valence electrons. The lowest BCUT2D eigenvalue weighted by Gasteiger charge is -2.22.